The molecule has 2 aliphatic heterocycles. The lowest BCUT2D eigenvalue weighted by Gasteiger charge is -2.34. The summed E-state index contributed by atoms with van der Waals surface area (Å²) in [7, 11) is 2.13. The molecule has 2 aromatic rings. The Hall–Kier alpha value is -1.98. The summed E-state index contributed by atoms with van der Waals surface area (Å²) >= 11 is 0. The summed E-state index contributed by atoms with van der Waals surface area (Å²) in [5, 5.41) is 1.21. The number of para-hydroxylation sites is 1. The van der Waals surface area contributed by atoms with E-state index in [1.807, 2.05) is 12.3 Å². The van der Waals surface area contributed by atoms with Crippen molar-refractivity contribution in [3.8, 4) is 0 Å². The smallest absolute Gasteiger partial charge is 0.222 e. The van der Waals surface area contributed by atoms with Gasteiger partial charge in [0.2, 0.25) is 5.91 Å². The lowest BCUT2D eigenvalue weighted by atomic mass is 9.92. The SMILES string of the molecule is CN1CCN(C(=O)CC[C@H]2CCCN(Cc3cccc4cccnc34)C2)CC1. The van der Waals surface area contributed by atoms with Gasteiger partial charge in [-0.05, 0) is 50.4 Å². The summed E-state index contributed by atoms with van der Waals surface area (Å²) in [6, 6.07) is 10.6. The van der Waals surface area contributed by atoms with Gasteiger partial charge in [0.05, 0.1) is 5.52 Å². The molecule has 1 atom stereocenters. The van der Waals surface area contributed by atoms with Crippen molar-refractivity contribution in [3.63, 3.8) is 0 Å². The summed E-state index contributed by atoms with van der Waals surface area (Å²) < 4.78 is 0. The quantitative estimate of drug-likeness (QED) is 0.799. The number of piperazine rings is 1. The van der Waals surface area contributed by atoms with Crippen molar-refractivity contribution in [2.45, 2.75) is 32.2 Å². The molecule has 0 aliphatic carbocycles. The zero-order chi connectivity index (χ0) is 19.3. The van der Waals surface area contributed by atoms with Gasteiger partial charge in [0.1, 0.15) is 0 Å². The second-order valence-corrected chi connectivity index (χ2v) is 8.46. The highest BCUT2D eigenvalue weighted by Crippen LogP contribution is 2.25. The predicted molar refractivity (Wildman–Crippen MR) is 113 cm³/mol. The first-order valence-electron chi connectivity index (χ1n) is 10.7. The molecular formula is C23H32N4O. The number of hydrogen-bond acceptors (Lipinski definition) is 4. The summed E-state index contributed by atoms with van der Waals surface area (Å²) in [4.78, 5) is 24.1. The average molecular weight is 381 g/mol. The van der Waals surface area contributed by atoms with E-state index in [1.165, 1.54) is 23.8 Å². The first-order valence-corrected chi connectivity index (χ1v) is 10.7. The van der Waals surface area contributed by atoms with Crippen LogP contribution in [0.2, 0.25) is 0 Å². The molecule has 2 aliphatic rings. The Balaban J connectivity index is 1.30. The van der Waals surface area contributed by atoms with Crippen molar-refractivity contribution < 1.29 is 4.79 Å². The minimum Gasteiger partial charge on any atom is -0.340 e. The van der Waals surface area contributed by atoms with Crippen LogP contribution < -0.4 is 0 Å². The van der Waals surface area contributed by atoms with Gasteiger partial charge in [-0.1, -0.05) is 24.3 Å². The first-order chi connectivity index (χ1) is 13.7. The fourth-order valence-corrected chi connectivity index (χ4v) is 4.61. The normalized spacial score (nSPS) is 21.9. The highest BCUT2D eigenvalue weighted by atomic mass is 16.2. The number of carbonyl (C=O) groups excluding carboxylic acids is 1. The number of benzene rings is 1. The summed E-state index contributed by atoms with van der Waals surface area (Å²) in [6.07, 6.45) is 6.09. The van der Waals surface area contributed by atoms with Crippen LogP contribution >= 0.6 is 0 Å². The lowest BCUT2D eigenvalue weighted by Crippen LogP contribution is -2.47. The number of rotatable bonds is 5. The van der Waals surface area contributed by atoms with Gasteiger partial charge in [-0.25, -0.2) is 0 Å². The van der Waals surface area contributed by atoms with Gasteiger partial charge >= 0.3 is 0 Å². The number of likely N-dealkylation sites (tertiary alicyclic amines) is 1. The third-order valence-corrected chi connectivity index (χ3v) is 6.34. The van der Waals surface area contributed by atoms with Crippen molar-refractivity contribution >= 4 is 16.8 Å². The van der Waals surface area contributed by atoms with Crippen molar-refractivity contribution in [3.05, 3.63) is 42.1 Å². The maximum absolute atomic E-state index is 12.6. The van der Waals surface area contributed by atoms with Crippen LogP contribution in [0, 0.1) is 5.92 Å². The minimum absolute atomic E-state index is 0.350. The molecule has 1 aromatic heterocycles. The topological polar surface area (TPSA) is 39.7 Å². The monoisotopic (exact) mass is 380 g/mol. The van der Waals surface area contributed by atoms with Gasteiger partial charge < -0.3 is 9.80 Å². The average Bonchev–Trinajstić information content (AvgIpc) is 2.73. The zero-order valence-corrected chi connectivity index (χ0v) is 17.0. The second kappa shape index (κ2) is 9.01. The van der Waals surface area contributed by atoms with E-state index in [0.29, 0.717) is 18.2 Å². The van der Waals surface area contributed by atoms with Crippen molar-refractivity contribution in [1.29, 1.82) is 0 Å². The van der Waals surface area contributed by atoms with Gasteiger partial charge in [0.15, 0.2) is 0 Å². The maximum atomic E-state index is 12.6. The van der Waals surface area contributed by atoms with Crippen molar-refractivity contribution in [1.82, 2.24) is 19.7 Å². The van der Waals surface area contributed by atoms with Gasteiger partial charge in [-0.15, -0.1) is 0 Å². The minimum atomic E-state index is 0.350. The first kappa shape index (κ1) is 19.3. The van der Waals surface area contributed by atoms with E-state index >= 15 is 0 Å². The molecule has 0 N–H and O–H groups in total. The molecule has 4 rings (SSSR count). The van der Waals surface area contributed by atoms with Crippen LogP contribution in [0.5, 0.6) is 0 Å². The van der Waals surface area contributed by atoms with E-state index in [4.69, 9.17) is 0 Å². The molecule has 28 heavy (non-hydrogen) atoms. The van der Waals surface area contributed by atoms with E-state index < -0.39 is 0 Å². The molecule has 150 valence electrons. The van der Waals surface area contributed by atoms with Gasteiger partial charge in [-0.3, -0.25) is 14.7 Å². The highest BCUT2D eigenvalue weighted by Gasteiger charge is 2.24. The number of fused-ring (bicyclic) bond motifs is 1. The highest BCUT2D eigenvalue weighted by molar-refractivity contribution is 5.81. The number of aromatic nitrogens is 1. The Bertz CT molecular complexity index is 795. The van der Waals surface area contributed by atoms with Crippen LogP contribution in [0.1, 0.15) is 31.2 Å². The second-order valence-electron chi connectivity index (χ2n) is 8.46. The Morgan fingerprint density at radius 1 is 1.11 bits per heavy atom. The van der Waals surface area contributed by atoms with Crippen LogP contribution in [-0.2, 0) is 11.3 Å². The molecular weight excluding hydrogens is 348 g/mol. The Labute approximate surface area is 168 Å². The summed E-state index contributed by atoms with van der Waals surface area (Å²) in [5.41, 5.74) is 2.43. The molecule has 5 heteroatoms. The molecule has 0 radical (unpaired) electrons. The molecule has 3 heterocycles. The molecule has 0 unspecified atom stereocenters. The molecule has 5 nitrogen and oxygen atoms in total. The molecule has 0 saturated carbocycles. The number of amides is 1. The van der Waals surface area contributed by atoms with E-state index in [0.717, 1.165) is 57.8 Å². The van der Waals surface area contributed by atoms with E-state index in [9.17, 15) is 4.79 Å². The largest absolute Gasteiger partial charge is 0.340 e. The van der Waals surface area contributed by atoms with Crippen molar-refractivity contribution in [2.24, 2.45) is 5.92 Å². The molecule has 1 aromatic carbocycles. The van der Waals surface area contributed by atoms with Crippen LogP contribution in [0.15, 0.2) is 36.5 Å². The van der Waals surface area contributed by atoms with E-state index in [-0.39, 0.29) is 0 Å². The summed E-state index contributed by atoms with van der Waals surface area (Å²) in [6.45, 7) is 6.98. The fraction of sp³-hybridized carbons (Fsp3) is 0.565. The maximum Gasteiger partial charge on any atom is 0.222 e. The van der Waals surface area contributed by atoms with Gasteiger partial charge in [-0.2, -0.15) is 0 Å². The van der Waals surface area contributed by atoms with Crippen LogP contribution in [0.25, 0.3) is 10.9 Å². The number of likely N-dealkylation sites (N-methyl/N-ethyl adjacent to an activating group) is 1. The number of hydrogen-bond donors (Lipinski definition) is 0. The van der Waals surface area contributed by atoms with Gasteiger partial charge in [0.25, 0.3) is 0 Å². The third-order valence-electron chi connectivity index (χ3n) is 6.34. The summed E-state index contributed by atoms with van der Waals surface area (Å²) in [5.74, 6) is 0.983. The Morgan fingerprint density at radius 2 is 1.93 bits per heavy atom. The lowest BCUT2D eigenvalue weighted by molar-refractivity contribution is -0.133. The van der Waals surface area contributed by atoms with Crippen LogP contribution in [0.4, 0.5) is 0 Å². The Morgan fingerprint density at radius 3 is 2.79 bits per heavy atom. The molecule has 1 amide bonds. The molecule has 0 spiro atoms. The van der Waals surface area contributed by atoms with Crippen molar-refractivity contribution in [2.75, 3.05) is 46.3 Å². The molecule has 2 saturated heterocycles. The zero-order valence-electron chi connectivity index (χ0n) is 17.0. The van der Waals surface area contributed by atoms with E-state index in [1.54, 1.807) is 0 Å². The Kier molecular flexibility index (Phi) is 6.23. The molecule has 0 bridgehead atoms. The predicted octanol–water partition coefficient (Wildman–Crippen LogP) is 3.00. The number of pyridine rings is 1. The van der Waals surface area contributed by atoms with Crippen LogP contribution in [-0.4, -0.2) is 71.9 Å². The number of nitrogens with zero attached hydrogens (tertiary/aromatic N) is 4. The standard InChI is InChI=1S/C23H32N4O/c1-25-13-15-27(16-14-25)22(28)10-9-19-5-4-12-26(17-19)18-21-7-2-6-20-8-3-11-24-23(20)21/h2-3,6-8,11,19H,4-5,9-10,12-18H2,1H3/t19-/m1/s1. The van der Waals surface area contributed by atoms with E-state index in [2.05, 4.69) is 51.0 Å². The van der Waals surface area contributed by atoms with Gasteiger partial charge in [0, 0.05) is 57.3 Å². The fourth-order valence-electron chi connectivity index (χ4n) is 4.61. The molecule has 2 fully saturated rings. The number of carbonyl (C=O) groups is 1. The van der Waals surface area contributed by atoms with Crippen LogP contribution in [0.3, 0.4) is 0 Å². The third kappa shape index (κ3) is 4.70. The number of piperidine rings is 1.